The van der Waals surface area contributed by atoms with E-state index < -0.39 is 5.97 Å². The number of hydrogen-bond acceptors (Lipinski definition) is 7. The van der Waals surface area contributed by atoms with Crippen LogP contribution < -0.4 is 24.4 Å². The van der Waals surface area contributed by atoms with Crippen LogP contribution in [0.15, 0.2) is 70.1 Å². The Morgan fingerprint density at radius 1 is 0.944 bits per heavy atom. The number of carbonyl (C=O) groups is 1. The van der Waals surface area contributed by atoms with Gasteiger partial charge >= 0.3 is 5.97 Å². The minimum Gasteiger partial charge on any atom is -0.486 e. The van der Waals surface area contributed by atoms with Crippen LogP contribution in [-0.4, -0.2) is 19.2 Å². The van der Waals surface area contributed by atoms with Crippen molar-refractivity contribution < 1.29 is 28.2 Å². The minimum absolute atomic E-state index is 0.0377. The van der Waals surface area contributed by atoms with Crippen molar-refractivity contribution in [1.29, 1.82) is 0 Å². The molecule has 36 heavy (non-hydrogen) atoms. The molecule has 0 aliphatic carbocycles. The lowest BCUT2D eigenvalue weighted by atomic mass is 10.1. The van der Waals surface area contributed by atoms with Gasteiger partial charge in [0.1, 0.15) is 36.6 Å². The van der Waals surface area contributed by atoms with Gasteiger partial charge < -0.3 is 23.4 Å². The number of fused-ring (bicyclic) bond motifs is 2. The molecular formula is C28H21ClO7. The third-order valence-electron chi connectivity index (χ3n) is 5.55. The maximum atomic E-state index is 12.9. The summed E-state index contributed by atoms with van der Waals surface area (Å²) in [6.45, 7) is 4.71. The largest absolute Gasteiger partial charge is 0.486 e. The zero-order valence-corrected chi connectivity index (χ0v) is 20.3. The smallest absolute Gasteiger partial charge is 0.336 e. The second kappa shape index (κ2) is 9.79. The maximum Gasteiger partial charge on any atom is 0.336 e. The highest BCUT2D eigenvalue weighted by molar-refractivity contribution is 6.32. The number of rotatable bonds is 5. The minimum atomic E-state index is -0.583. The van der Waals surface area contributed by atoms with Gasteiger partial charge in [-0.25, -0.2) is 4.79 Å². The van der Waals surface area contributed by atoms with Gasteiger partial charge in [0.15, 0.2) is 11.5 Å². The van der Waals surface area contributed by atoms with Gasteiger partial charge in [0.05, 0.1) is 5.39 Å². The Kier molecular flexibility index (Phi) is 6.40. The molecule has 8 heteroatoms. The number of hydrogen-bond donors (Lipinski definition) is 0. The Bertz CT molecular complexity index is 1550. The number of benzene rings is 3. The highest BCUT2D eigenvalue weighted by Gasteiger charge is 2.13. The third-order valence-corrected chi connectivity index (χ3v) is 6.14. The molecule has 1 aromatic heterocycles. The van der Waals surface area contributed by atoms with E-state index in [1.807, 2.05) is 19.9 Å². The highest BCUT2D eigenvalue weighted by Crippen LogP contribution is 2.31. The second-order valence-corrected chi connectivity index (χ2v) is 8.60. The Morgan fingerprint density at radius 3 is 2.47 bits per heavy atom. The Hall–Kier alpha value is -4.23. The molecule has 3 aromatic carbocycles. The van der Waals surface area contributed by atoms with E-state index in [0.717, 1.165) is 16.7 Å². The van der Waals surface area contributed by atoms with E-state index in [4.69, 9.17) is 35.0 Å². The van der Waals surface area contributed by atoms with E-state index in [2.05, 4.69) is 0 Å². The van der Waals surface area contributed by atoms with E-state index in [-0.39, 0.29) is 22.5 Å². The lowest BCUT2D eigenvalue weighted by Gasteiger charge is -2.18. The van der Waals surface area contributed by atoms with Crippen molar-refractivity contribution in [2.45, 2.75) is 13.8 Å². The van der Waals surface area contributed by atoms with Crippen molar-refractivity contribution in [3.63, 3.8) is 0 Å². The molecule has 1 aliphatic heterocycles. The average Bonchev–Trinajstić information content (AvgIpc) is 2.87. The predicted molar refractivity (Wildman–Crippen MR) is 136 cm³/mol. The lowest BCUT2D eigenvalue weighted by molar-refractivity contribution is -0.128. The van der Waals surface area contributed by atoms with E-state index in [0.29, 0.717) is 40.9 Å². The summed E-state index contributed by atoms with van der Waals surface area (Å²) in [7, 11) is 0. The third kappa shape index (κ3) is 4.92. The maximum absolute atomic E-state index is 12.9. The summed E-state index contributed by atoms with van der Waals surface area (Å²) in [5.41, 5.74) is 2.35. The van der Waals surface area contributed by atoms with Crippen LogP contribution in [0.2, 0.25) is 5.02 Å². The normalized spacial score (nSPS) is 12.6. The summed E-state index contributed by atoms with van der Waals surface area (Å²) in [5.74, 6) is 1.48. The number of esters is 1. The molecular weight excluding hydrogens is 484 g/mol. The zero-order valence-electron chi connectivity index (χ0n) is 19.5. The first kappa shape index (κ1) is 23.5. The van der Waals surface area contributed by atoms with Gasteiger partial charge in [-0.15, -0.1) is 0 Å². The Balaban J connectivity index is 1.30. The van der Waals surface area contributed by atoms with Gasteiger partial charge in [0.2, 0.25) is 11.2 Å². The summed E-state index contributed by atoms with van der Waals surface area (Å²) in [4.78, 5) is 25.2. The molecule has 0 amide bonds. The topological polar surface area (TPSA) is 84.2 Å². The molecule has 2 heterocycles. The van der Waals surface area contributed by atoms with Crippen molar-refractivity contribution in [2.24, 2.45) is 0 Å². The van der Waals surface area contributed by atoms with Crippen LogP contribution >= 0.6 is 11.6 Å². The average molecular weight is 505 g/mol. The molecule has 4 aromatic rings. The summed E-state index contributed by atoms with van der Waals surface area (Å²) in [6.07, 6.45) is 4.15. The van der Waals surface area contributed by atoms with Crippen LogP contribution in [-0.2, 0) is 4.79 Å². The van der Waals surface area contributed by atoms with Crippen molar-refractivity contribution >= 4 is 34.6 Å². The van der Waals surface area contributed by atoms with Crippen molar-refractivity contribution in [2.75, 3.05) is 13.2 Å². The van der Waals surface area contributed by atoms with E-state index in [1.165, 1.54) is 30.5 Å². The lowest BCUT2D eigenvalue weighted by Crippen LogP contribution is -2.15. The monoisotopic (exact) mass is 504 g/mol. The number of carbonyl (C=O) groups excluding carboxylic acids is 1. The van der Waals surface area contributed by atoms with E-state index in [1.54, 1.807) is 30.3 Å². The van der Waals surface area contributed by atoms with Crippen LogP contribution in [0, 0.1) is 13.8 Å². The SMILES string of the molecule is Cc1cc(Oc2coc3cc(OC(=O)C=Cc4ccc5c(c4)OCCO5)ccc3c2=O)cc(C)c1Cl. The van der Waals surface area contributed by atoms with Crippen molar-refractivity contribution in [3.05, 3.63) is 92.8 Å². The number of ether oxygens (including phenoxy) is 4. The van der Waals surface area contributed by atoms with Crippen LogP contribution in [0.4, 0.5) is 0 Å². The molecule has 0 unspecified atom stereocenters. The van der Waals surface area contributed by atoms with Crippen molar-refractivity contribution in [3.8, 4) is 28.7 Å². The first-order chi connectivity index (χ1) is 17.4. The van der Waals surface area contributed by atoms with E-state index in [9.17, 15) is 9.59 Å². The molecule has 0 bridgehead atoms. The number of halogens is 1. The fourth-order valence-electron chi connectivity index (χ4n) is 3.80. The Morgan fingerprint density at radius 2 is 1.69 bits per heavy atom. The van der Waals surface area contributed by atoms with Gasteiger partial charge in [-0.2, -0.15) is 0 Å². The van der Waals surface area contributed by atoms with E-state index >= 15 is 0 Å². The standard InChI is InChI=1S/C28H21ClO7/c1-16-11-20(12-17(2)27(16)29)35-25-15-34-23-14-19(5-6-21(23)28(25)31)36-26(30)8-4-18-3-7-22-24(13-18)33-10-9-32-22/h3-8,11-15H,9-10H2,1-2H3. The van der Waals surface area contributed by atoms with Gasteiger partial charge in [-0.1, -0.05) is 17.7 Å². The Labute approximate surface area is 211 Å². The van der Waals surface area contributed by atoms with Gasteiger partial charge in [-0.3, -0.25) is 4.79 Å². The zero-order chi connectivity index (χ0) is 25.2. The van der Waals surface area contributed by atoms with Gasteiger partial charge in [0, 0.05) is 17.2 Å². The molecule has 0 fully saturated rings. The first-order valence-electron chi connectivity index (χ1n) is 11.2. The molecule has 0 atom stereocenters. The summed E-state index contributed by atoms with van der Waals surface area (Å²) in [6, 6.07) is 13.4. The predicted octanol–water partition coefficient (Wildman–Crippen LogP) is 6.25. The quantitative estimate of drug-likeness (QED) is 0.180. The van der Waals surface area contributed by atoms with Crippen LogP contribution in [0.25, 0.3) is 17.0 Å². The van der Waals surface area contributed by atoms with Crippen molar-refractivity contribution in [1.82, 2.24) is 0 Å². The summed E-state index contributed by atoms with van der Waals surface area (Å²) in [5, 5.41) is 0.942. The second-order valence-electron chi connectivity index (χ2n) is 8.22. The molecule has 0 saturated heterocycles. The molecule has 0 spiro atoms. The fraction of sp³-hybridized carbons (Fsp3) is 0.143. The van der Waals surface area contributed by atoms with Crippen LogP contribution in [0.5, 0.6) is 28.7 Å². The molecule has 0 radical (unpaired) electrons. The van der Waals surface area contributed by atoms with Gasteiger partial charge in [-0.05, 0) is 73.0 Å². The molecule has 7 nitrogen and oxygen atoms in total. The number of aryl methyl sites for hydroxylation is 2. The van der Waals surface area contributed by atoms with Crippen LogP contribution in [0.1, 0.15) is 16.7 Å². The highest BCUT2D eigenvalue weighted by atomic mass is 35.5. The summed E-state index contributed by atoms with van der Waals surface area (Å²) < 4.78 is 27.8. The van der Waals surface area contributed by atoms with Gasteiger partial charge in [0.25, 0.3) is 0 Å². The molecule has 5 rings (SSSR count). The first-order valence-corrected chi connectivity index (χ1v) is 11.5. The molecule has 1 aliphatic rings. The van der Waals surface area contributed by atoms with Crippen LogP contribution in [0.3, 0.4) is 0 Å². The summed E-state index contributed by atoms with van der Waals surface area (Å²) >= 11 is 6.20. The molecule has 0 N–H and O–H groups in total. The molecule has 0 saturated carbocycles. The fourth-order valence-corrected chi connectivity index (χ4v) is 3.90. The molecule has 182 valence electrons.